The van der Waals surface area contributed by atoms with E-state index >= 15 is 0 Å². The third kappa shape index (κ3) is 6.84. The summed E-state index contributed by atoms with van der Waals surface area (Å²) in [7, 11) is 1.81. The summed E-state index contributed by atoms with van der Waals surface area (Å²) in [5.74, 6) is 1.46. The molecule has 0 aliphatic carbocycles. The molecule has 0 spiro atoms. The number of rotatable bonds is 10. The highest BCUT2D eigenvalue weighted by molar-refractivity contribution is 7.99. The Morgan fingerprint density at radius 3 is 2.59 bits per heavy atom. The molecule has 3 aromatic rings. The van der Waals surface area contributed by atoms with Crippen molar-refractivity contribution in [3.05, 3.63) is 65.0 Å². The Bertz CT molecular complexity index is 1160. The molecule has 2 N–H and O–H groups in total. The van der Waals surface area contributed by atoms with Crippen molar-refractivity contribution in [3.8, 4) is 5.75 Å². The lowest BCUT2D eigenvalue weighted by Gasteiger charge is -2.14. The molecule has 34 heavy (non-hydrogen) atoms. The van der Waals surface area contributed by atoms with Gasteiger partial charge in [-0.05, 0) is 48.6 Å². The van der Waals surface area contributed by atoms with Gasteiger partial charge in [-0.2, -0.15) is 0 Å². The van der Waals surface area contributed by atoms with E-state index in [9.17, 15) is 9.59 Å². The molecule has 3 rings (SSSR count). The lowest BCUT2D eigenvalue weighted by Crippen LogP contribution is -2.29. The molecule has 1 aromatic heterocycles. The van der Waals surface area contributed by atoms with Crippen LogP contribution in [0.4, 0.5) is 5.69 Å². The van der Waals surface area contributed by atoms with Crippen molar-refractivity contribution in [1.82, 2.24) is 20.1 Å². The van der Waals surface area contributed by atoms with E-state index in [1.54, 1.807) is 11.6 Å². The smallest absolute Gasteiger partial charge is 0.258 e. The van der Waals surface area contributed by atoms with Gasteiger partial charge in [-0.1, -0.05) is 55.9 Å². The van der Waals surface area contributed by atoms with Crippen LogP contribution < -0.4 is 15.4 Å². The van der Waals surface area contributed by atoms with Gasteiger partial charge in [-0.15, -0.1) is 10.2 Å². The number of carbonyl (C=O) groups excluding carboxylic acids is 2. The van der Waals surface area contributed by atoms with Crippen LogP contribution in [0.2, 0.25) is 0 Å². The molecule has 0 bridgehead atoms. The number of hydrogen-bond donors (Lipinski definition) is 2. The van der Waals surface area contributed by atoms with Crippen molar-refractivity contribution in [2.45, 2.75) is 45.3 Å². The number of thioether (sulfide) groups is 1. The molecular weight excluding hydrogens is 450 g/mol. The monoisotopic (exact) mass is 481 g/mol. The number of aromatic nitrogens is 3. The first-order valence-corrected chi connectivity index (χ1v) is 12.1. The summed E-state index contributed by atoms with van der Waals surface area (Å²) in [6.07, 6.45) is 0. The highest BCUT2D eigenvalue weighted by atomic mass is 32.2. The molecule has 1 heterocycles. The molecule has 9 heteroatoms. The molecule has 0 aliphatic heterocycles. The van der Waals surface area contributed by atoms with E-state index in [2.05, 4.69) is 34.7 Å². The molecule has 2 amide bonds. The number of nitrogens with one attached hydrogen (secondary N) is 2. The largest absolute Gasteiger partial charge is 0.483 e. The van der Waals surface area contributed by atoms with Crippen LogP contribution in [0.1, 0.15) is 42.3 Å². The fourth-order valence-electron chi connectivity index (χ4n) is 3.27. The summed E-state index contributed by atoms with van der Waals surface area (Å²) in [5, 5.41) is 14.6. The highest BCUT2D eigenvalue weighted by Crippen LogP contribution is 2.27. The van der Waals surface area contributed by atoms with Gasteiger partial charge in [0.1, 0.15) is 5.75 Å². The Balaban J connectivity index is 1.48. The molecule has 8 nitrogen and oxygen atoms in total. The van der Waals surface area contributed by atoms with Gasteiger partial charge in [0.15, 0.2) is 17.6 Å². The fourth-order valence-corrected chi connectivity index (χ4v) is 4.00. The minimum Gasteiger partial charge on any atom is -0.483 e. The molecule has 0 saturated carbocycles. The topological polar surface area (TPSA) is 98.1 Å². The highest BCUT2D eigenvalue weighted by Gasteiger charge is 2.14. The van der Waals surface area contributed by atoms with E-state index in [0.717, 1.165) is 28.1 Å². The van der Waals surface area contributed by atoms with Crippen molar-refractivity contribution in [3.63, 3.8) is 0 Å². The lowest BCUT2D eigenvalue weighted by molar-refractivity contribution is -0.123. The zero-order valence-electron chi connectivity index (χ0n) is 20.2. The van der Waals surface area contributed by atoms with Crippen LogP contribution in [0.5, 0.6) is 5.75 Å². The van der Waals surface area contributed by atoms with Gasteiger partial charge in [0, 0.05) is 12.7 Å². The predicted octanol–water partition coefficient (Wildman–Crippen LogP) is 3.98. The second-order valence-electron chi connectivity index (χ2n) is 8.37. The first-order chi connectivity index (χ1) is 16.2. The van der Waals surface area contributed by atoms with E-state index in [4.69, 9.17) is 4.74 Å². The van der Waals surface area contributed by atoms with Crippen LogP contribution in [0.15, 0.2) is 47.6 Å². The Morgan fingerprint density at radius 1 is 1.09 bits per heavy atom. The Hall–Kier alpha value is -3.33. The van der Waals surface area contributed by atoms with Crippen molar-refractivity contribution in [2.24, 2.45) is 7.05 Å². The SMILES string of the molecule is Cc1ccc(C(C)C)c(OCC(=O)NCc2nnc(SCC(=O)Nc3ccccc3C)n2C)c1. The van der Waals surface area contributed by atoms with Gasteiger partial charge in [0.25, 0.3) is 5.91 Å². The van der Waals surface area contributed by atoms with Gasteiger partial charge < -0.3 is 19.9 Å². The van der Waals surface area contributed by atoms with Crippen LogP contribution in [0, 0.1) is 13.8 Å². The molecule has 0 atom stereocenters. The van der Waals surface area contributed by atoms with Gasteiger partial charge in [-0.3, -0.25) is 9.59 Å². The first-order valence-electron chi connectivity index (χ1n) is 11.1. The molecule has 0 aliphatic rings. The molecule has 2 aromatic carbocycles. The van der Waals surface area contributed by atoms with Crippen LogP contribution in [0.25, 0.3) is 0 Å². The summed E-state index contributed by atoms with van der Waals surface area (Å²) in [4.78, 5) is 24.6. The Morgan fingerprint density at radius 2 is 1.85 bits per heavy atom. The summed E-state index contributed by atoms with van der Waals surface area (Å²) < 4.78 is 7.55. The van der Waals surface area contributed by atoms with Gasteiger partial charge in [0.2, 0.25) is 5.91 Å². The van der Waals surface area contributed by atoms with E-state index in [1.165, 1.54) is 11.8 Å². The zero-order valence-corrected chi connectivity index (χ0v) is 21.0. The number of benzene rings is 2. The van der Waals surface area contributed by atoms with E-state index in [-0.39, 0.29) is 30.7 Å². The standard InChI is InChI=1S/C25H31N5O3S/c1-16(2)19-11-10-17(3)12-21(19)33-14-23(31)26-13-22-28-29-25(30(22)5)34-15-24(32)27-20-9-7-6-8-18(20)4/h6-12,16H,13-15H2,1-5H3,(H,26,31)(H,27,32). The normalized spacial score (nSPS) is 10.9. The number of aryl methyl sites for hydroxylation is 2. The summed E-state index contributed by atoms with van der Waals surface area (Å²) in [6, 6.07) is 13.6. The third-order valence-corrected chi connectivity index (χ3v) is 6.29. The average molecular weight is 482 g/mol. The predicted molar refractivity (Wildman–Crippen MR) is 134 cm³/mol. The third-order valence-electron chi connectivity index (χ3n) is 5.27. The maximum atomic E-state index is 12.3. The molecule has 0 radical (unpaired) electrons. The zero-order chi connectivity index (χ0) is 24.7. The van der Waals surface area contributed by atoms with E-state index in [0.29, 0.717) is 16.9 Å². The number of nitrogens with zero attached hydrogens (tertiary/aromatic N) is 3. The van der Waals surface area contributed by atoms with Crippen LogP contribution in [-0.2, 0) is 23.2 Å². The van der Waals surface area contributed by atoms with Crippen molar-refractivity contribution in [1.29, 1.82) is 0 Å². The summed E-state index contributed by atoms with van der Waals surface area (Å²) in [6.45, 7) is 8.25. The maximum Gasteiger partial charge on any atom is 0.258 e. The van der Waals surface area contributed by atoms with Gasteiger partial charge >= 0.3 is 0 Å². The summed E-state index contributed by atoms with van der Waals surface area (Å²) in [5.41, 5.74) is 3.95. The number of amides is 2. The Kier molecular flexibility index (Phi) is 8.70. The quantitative estimate of drug-likeness (QED) is 0.425. The first kappa shape index (κ1) is 25.3. The van der Waals surface area contributed by atoms with E-state index in [1.807, 2.05) is 56.3 Å². The van der Waals surface area contributed by atoms with Gasteiger partial charge in [-0.25, -0.2) is 0 Å². The molecule has 0 saturated heterocycles. The number of hydrogen-bond acceptors (Lipinski definition) is 6. The van der Waals surface area contributed by atoms with Crippen LogP contribution in [-0.4, -0.2) is 38.9 Å². The second kappa shape index (κ2) is 11.7. The number of carbonyl (C=O) groups is 2. The minimum atomic E-state index is -0.244. The summed E-state index contributed by atoms with van der Waals surface area (Å²) >= 11 is 1.29. The van der Waals surface area contributed by atoms with Crippen LogP contribution in [0.3, 0.4) is 0 Å². The van der Waals surface area contributed by atoms with Crippen molar-refractivity contribution in [2.75, 3.05) is 17.7 Å². The molecule has 0 unspecified atom stereocenters. The van der Waals surface area contributed by atoms with Crippen molar-refractivity contribution < 1.29 is 14.3 Å². The number of para-hydroxylation sites is 1. The fraction of sp³-hybridized carbons (Fsp3) is 0.360. The lowest BCUT2D eigenvalue weighted by atomic mass is 10.0. The molecular formula is C25H31N5O3S. The van der Waals surface area contributed by atoms with Gasteiger partial charge in [0.05, 0.1) is 12.3 Å². The maximum absolute atomic E-state index is 12.3. The molecule has 180 valence electrons. The minimum absolute atomic E-state index is 0.0816. The second-order valence-corrected chi connectivity index (χ2v) is 9.31. The molecule has 0 fully saturated rings. The average Bonchev–Trinajstić information content (AvgIpc) is 3.15. The number of anilines is 1. The number of ether oxygens (including phenoxy) is 1. The Labute approximate surface area is 204 Å². The van der Waals surface area contributed by atoms with Crippen LogP contribution >= 0.6 is 11.8 Å². The van der Waals surface area contributed by atoms with E-state index < -0.39 is 0 Å². The van der Waals surface area contributed by atoms with Crippen molar-refractivity contribution >= 4 is 29.3 Å².